The zero-order valence-electron chi connectivity index (χ0n) is 10.3. The van der Waals surface area contributed by atoms with Crippen LogP contribution in [0.25, 0.3) is 0 Å². The molecule has 2 nitrogen and oxygen atoms in total. The number of allylic oxidation sites excluding steroid dienone is 1. The highest BCUT2D eigenvalue weighted by atomic mass is 16.5. The van der Waals surface area contributed by atoms with Crippen LogP contribution >= 0.6 is 0 Å². The SMILES string of the molecule is C=CCCC(CCC)OC(=O)C(C)CC. The maximum absolute atomic E-state index is 11.6. The van der Waals surface area contributed by atoms with E-state index in [-0.39, 0.29) is 18.0 Å². The summed E-state index contributed by atoms with van der Waals surface area (Å²) in [6.45, 7) is 9.71. The molecule has 0 bridgehead atoms. The fourth-order valence-electron chi connectivity index (χ4n) is 1.33. The molecule has 0 amide bonds. The number of ether oxygens (including phenoxy) is 1. The molecule has 0 spiro atoms. The molecule has 0 heterocycles. The van der Waals surface area contributed by atoms with Crippen LogP contribution in [0.1, 0.15) is 52.9 Å². The van der Waals surface area contributed by atoms with E-state index in [4.69, 9.17) is 4.74 Å². The Balaban J connectivity index is 4.02. The summed E-state index contributed by atoms with van der Waals surface area (Å²) in [4.78, 5) is 11.6. The van der Waals surface area contributed by atoms with Crippen LogP contribution < -0.4 is 0 Å². The lowest BCUT2D eigenvalue weighted by atomic mass is 10.1. The molecule has 0 aromatic rings. The average Bonchev–Trinajstić information content (AvgIpc) is 2.24. The molecule has 15 heavy (non-hydrogen) atoms. The number of hydrogen-bond acceptors (Lipinski definition) is 2. The molecule has 0 saturated heterocycles. The van der Waals surface area contributed by atoms with Gasteiger partial charge in [-0.25, -0.2) is 0 Å². The highest BCUT2D eigenvalue weighted by Crippen LogP contribution is 2.13. The first-order valence-corrected chi connectivity index (χ1v) is 5.97. The molecular weight excluding hydrogens is 188 g/mol. The van der Waals surface area contributed by atoms with Crippen molar-refractivity contribution in [3.8, 4) is 0 Å². The molecule has 88 valence electrons. The first-order chi connectivity index (χ1) is 7.15. The Bertz CT molecular complexity index is 187. The highest BCUT2D eigenvalue weighted by molar-refractivity contribution is 5.72. The lowest BCUT2D eigenvalue weighted by molar-refractivity contribution is -0.154. The second kappa shape index (κ2) is 8.51. The van der Waals surface area contributed by atoms with E-state index in [9.17, 15) is 4.79 Å². The first-order valence-electron chi connectivity index (χ1n) is 5.97. The van der Waals surface area contributed by atoms with E-state index < -0.39 is 0 Å². The van der Waals surface area contributed by atoms with Crippen molar-refractivity contribution in [3.63, 3.8) is 0 Å². The minimum Gasteiger partial charge on any atom is -0.462 e. The maximum atomic E-state index is 11.6. The number of esters is 1. The molecule has 0 aliphatic rings. The van der Waals surface area contributed by atoms with Crippen molar-refractivity contribution in [1.82, 2.24) is 0 Å². The van der Waals surface area contributed by atoms with Gasteiger partial charge in [-0.05, 0) is 25.7 Å². The van der Waals surface area contributed by atoms with Crippen LogP contribution in [0.5, 0.6) is 0 Å². The van der Waals surface area contributed by atoms with E-state index in [1.54, 1.807) is 0 Å². The predicted octanol–water partition coefficient (Wildman–Crippen LogP) is 3.71. The smallest absolute Gasteiger partial charge is 0.308 e. The molecule has 0 fully saturated rings. The second-order valence-corrected chi connectivity index (χ2v) is 4.02. The minimum absolute atomic E-state index is 0.0214. The van der Waals surface area contributed by atoms with E-state index in [0.29, 0.717) is 0 Å². The molecular formula is C13H24O2. The lowest BCUT2D eigenvalue weighted by Crippen LogP contribution is -2.22. The van der Waals surface area contributed by atoms with E-state index in [2.05, 4.69) is 13.5 Å². The van der Waals surface area contributed by atoms with Gasteiger partial charge < -0.3 is 4.74 Å². The van der Waals surface area contributed by atoms with Gasteiger partial charge in [0.2, 0.25) is 0 Å². The summed E-state index contributed by atoms with van der Waals surface area (Å²) < 4.78 is 5.46. The molecule has 2 atom stereocenters. The van der Waals surface area contributed by atoms with Crippen molar-refractivity contribution in [2.24, 2.45) is 5.92 Å². The summed E-state index contributed by atoms with van der Waals surface area (Å²) >= 11 is 0. The monoisotopic (exact) mass is 212 g/mol. The minimum atomic E-state index is -0.0555. The van der Waals surface area contributed by atoms with Gasteiger partial charge in [-0.15, -0.1) is 6.58 Å². The van der Waals surface area contributed by atoms with Crippen LogP contribution in [0, 0.1) is 5.92 Å². The average molecular weight is 212 g/mol. The van der Waals surface area contributed by atoms with Crippen LogP contribution in [-0.4, -0.2) is 12.1 Å². The molecule has 0 rings (SSSR count). The van der Waals surface area contributed by atoms with E-state index >= 15 is 0 Å². The first kappa shape index (κ1) is 14.2. The predicted molar refractivity (Wildman–Crippen MR) is 63.7 cm³/mol. The topological polar surface area (TPSA) is 26.3 Å². The van der Waals surface area contributed by atoms with Crippen LogP contribution in [0.3, 0.4) is 0 Å². The molecule has 2 heteroatoms. The third-order valence-corrected chi connectivity index (χ3v) is 2.60. The third kappa shape index (κ3) is 6.32. The second-order valence-electron chi connectivity index (χ2n) is 4.02. The zero-order valence-corrected chi connectivity index (χ0v) is 10.3. The van der Waals surface area contributed by atoms with Gasteiger partial charge in [-0.1, -0.05) is 33.3 Å². The number of carbonyl (C=O) groups excluding carboxylic acids is 1. The Morgan fingerprint density at radius 1 is 1.40 bits per heavy atom. The highest BCUT2D eigenvalue weighted by Gasteiger charge is 2.17. The number of hydrogen-bond donors (Lipinski definition) is 0. The Labute approximate surface area is 93.7 Å². The fourth-order valence-corrected chi connectivity index (χ4v) is 1.33. The summed E-state index contributed by atoms with van der Waals surface area (Å²) in [7, 11) is 0. The Morgan fingerprint density at radius 3 is 2.53 bits per heavy atom. The van der Waals surface area contributed by atoms with Crippen molar-refractivity contribution < 1.29 is 9.53 Å². The molecule has 0 saturated carbocycles. The van der Waals surface area contributed by atoms with Crippen LogP contribution in [0.15, 0.2) is 12.7 Å². The van der Waals surface area contributed by atoms with Gasteiger partial charge in [0.25, 0.3) is 0 Å². The van der Waals surface area contributed by atoms with Crippen molar-refractivity contribution >= 4 is 5.97 Å². The number of rotatable bonds is 8. The van der Waals surface area contributed by atoms with Crippen molar-refractivity contribution in [2.75, 3.05) is 0 Å². The van der Waals surface area contributed by atoms with E-state index in [1.165, 1.54) is 0 Å². The molecule has 2 unspecified atom stereocenters. The van der Waals surface area contributed by atoms with Crippen LogP contribution in [0.2, 0.25) is 0 Å². The van der Waals surface area contributed by atoms with Gasteiger partial charge in [0.1, 0.15) is 6.10 Å². The normalized spacial score (nSPS) is 14.3. The Morgan fingerprint density at radius 2 is 2.07 bits per heavy atom. The van der Waals surface area contributed by atoms with Gasteiger partial charge in [0.05, 0.1) is 5.92 Å². The zero-order chi connectivity index (χ0) is 11.7. The number of carbonyl (C=O) groups is 1. The lowest BCUT2D eigenvalue weighted by Gasteiger charge is -2.18. The third-order valence-electron chi connectivity index (χ3n) is 2.60. The molecule has 0 aromatic carbocycles. The van der Waals surface area contributed by atoms with Gasteiger partial charge in [-0.2, -0.15) is 0 Å². The fraction of sp³-hybridized carbons (Fsp3) is 0.769. The van der Waals surface area contributed by atoms with Crippen molar-refractivity contribution in [1.29, 1.82) is 0 Å². The van der Waals surface area contributed by atoms with E-state index in [1.807, 2.05) is 19.9 Å². The summed E-state index contributed by atoms with van der Waals surface area (Å²) in [5.41, 5.74) is 0. The standard InChI is InChI=1S/C13H24O2/c1-5-8-10-12(9-6-2)15-13(14)11(4)7-3/h5,11-12H,1,6-10H2,2-4H3. The quantitative estimate of drug-likeness (QED) is 0.453. The Kier molecular flexibility index (Phi) is 8.06. The molecule has 0 aliphatic carbocycles. The van der Waals surface area contributed by atoms with Crippen molar-refractivity contribution in [2.45, 2.75) is 59.0 Å². The van der Waals surface area contributed by atoms with Gasteiger partial charge >= 0.3 is 5.97 Å². The largest absolute Gasteiger partial charge is 0.462 e. The van der Waals surface area contributed by atoms with Crippen LogP contribution in [-0.2, 0) is 9.53 Å². The molecule has 0 N–H and O–H groups in total. The summed E-state index contributed by atoms with van der Waals surface area (Å²) in [5, 5.41) is 0. The van der Waals surface area contributed by atoms with Gasteiger partial charge in [0, 0.05) is 0 Å². The van der Waals surface area contributed by atoms with Crippen LogP contribution in [0.4, 0.5) is 0 Å². The van der Waals surface area contributed by atoms with Gasteiger partial charge in [-0.3, -0.25) is 4.79 Å². The maximum Gasteiger partial charge on any atom is 0.308 e. The molecule has 0 aliphatic heterocycles. The molecule has 0 aromatic heterocycles. The van der Waals surface area contributed by atoms with Gasteiger partial charge in [0.15, 0.2) is 0 Å². The summed E-state index contributed by atoms with van der Waals surface area (Å²) in [5.74, 6) is -0.0342. The van der Waals surface area contributed by atoms with E-state index in [0.717, 1.165) is 32.1 Å². The summed E-state index contributed by atoms with van der Waals surface area (Å²) in [6.07, 6.45) is 6.62. The van der Waals surface area contributed by atoms with Crippen molar-refractivity contribution in [3.05, 3.63) is 12.7 Å². The Hall–Kier alpha value is -0.790. The molecule has 0 radical (unpaired) electrons. The summed E-state index contributed by atoms with van der Waals surface area (Å²) in [6, 6.07) is 0.